The maximum Gasteiger partial charge on any atom is 0.374 e. The number of aryl methyl sites for hydroxylation is 1. The maximum absolute atomic E-state index is 11.6. The summed E-state index contributed by atoms with van der Waals surface area (Å²) >= 11 is 1.38. The Balaban J connectivity index is 0. The molecule has 0 aromatic carbocycles. The summed E-state index contributed by atoms with van der Waals surface area (Å²) in [6.07, 6.45) is 0. The molecule has 2 aromatic heterocycles. The zero-order valence-electron chi connectivity index (χ0n) is 12.7. The van der Waals surface area contributed by atoms with Crippen molar-refractivity contribution in [3.63, 3.8) is 0 Å². The SMILES string of the molecule is C=O.C=O.CCOC(=O)c1nc2sc(C)cc2c(=O)[nH]1.CN. The van der Waals surface area contributed by atoms with Crippen molar-refractivity contribution in [2.45, 2.75) is 13.8 Å². The van der Waals surface area contributed by atoms with E-state index in [1.165, 1.54) is 18.4 Å². The molecule has 2 heterocycles. The van der Waals surface area contributed by atoms with Crippen molar-refractivity contribution in [1.82, 2.24) is 9.97 Å². The average molecular weight is 329 g/mol. The zero-order chi connectivity index (χ0) is 17.7. The molecule has 9 heteroatoms. The Hall–Kier alpha value is -2.39. The van der Waals surface area contributed by atoms with Gasteiger partial charge in [-0.1, -0.05) is 0 Å². The van der Waals surface area contributed by atoms with Crippen LogP contribution in [0.25, 0.3) is 10.2 Å². The van der Waals surface area contributed by atoms with Gasteiger partial charge in [0.05, 0.1) is 12.0 Å². The lowest BCUT2D eigenvalue weighted by Crippen LogP contribution is -2.16. The number of aromatic nitrogens is 2. The van der Waals surface area contributed by atoms with Crippen molar-refractivity contribution in [2.24, 2.45) is 5.73 Å². The largest absolute Gasteiger partial charge is 0.460 e. The molecule has 0 atom stereocenters. The maximum atomic E-state index is 11.6. The number of nitrogens with two attached hydrogens (primary N) is 1. The molecule has 122 valence electrons. The van der Waals surface area contributed by atoms with Crippen molar-refractivity contribution in [3.05, 3.63) is 27.1 Å². The van der Waals surface area contributed by atoms with Crippen LogP contribution in [0.3, 0.4) is 0 Å². The molecular weight excluding hydrogens is 310 g/mol. The summed E-state index contributed by atoms with van der Waals surface area (Å²) in [5, 5.41) is 0.510. The van der Waals surface area contributed by atoms with E-state index in [0.717, 1.165) is 4.88 Å². The number of fused-ring (bicyclic) bond motifs is 1. The molecule has 0 saturated carbocycles. The van der Waals surface area contributed by atoms with E-state index >= 15 is 0 Å². The fourth-order valence-electron chi connectivity index (χ4n) is 1.35. The number of hydrogen-bond acceptors (Lipinski definition) is 8. The number of nitrogens with one attached hydrogen (secondary N) is 1. The molecule has 3 N–H and O–H groups in total. The van der Waals surface area contributed by atoms with Crippen LogP contribution in [0.5, 0.6) is 0 Å². The minimum Gasteiger partial charge on any atom is -0.460 e. The first-order chi connectivity index (χ1) is 10.6. The molecule has 0 bridgehead atoms. The van der Waals surface area contributed by atoms with Gasteiger partial charge in [-0.25, -0.2) is 9.78 Å². The molecule has 0 aliphatic heterocycles. The number of rotatable bonds is 2. The summed E-state index contributed by atoms with van der Waals surface area (Å²) in [6, 6.07) is 1.75. The van der Waals surface area contributed by atoms with Gasteiger partial charge in [0.15, 0.2) is 0 Å². The summed E-state index contributed by atoms with van der Waals surface area (Å²) in [4.78, 5) is 47.0. The molecule has 0 fully saturated rings. The summed E-state index contributed by atoms with van der Waals surface area (Å²) in [5.41, 5.74) is 4.19. The zero-order valence-corrected chi connectivity index (χ0v) is 13.5. The Morgan fingerprint density at radius 2 is 1.91 bits per heavy atom. The Bertz CT molecular complexity index is 636. The Morgan fingerprint density at radius 1 is 1.36 bits per heavy atom. The van der Waals surface area contributed by atoms with Crippen LogP contribution in [0, 0.1) is 6.92 Å². The monoisotopic (exact) mass is 329 g/mol. The quantitative estimate of drug-likeness (QED) is 0.774. The highest BCUT2D eigenvalue weighted by atomic mass is 32.1. The van der Waals surface area contributed by atoms with Crippen LogP contribution in [0.15, 0.2) is 10.9 Å². The smallest absolute Gasteiger partial charge is 0.374 e. The highest BCUT2D eigenvalue weighted by Gasteiger charge is 2.13. The van der Waals surface area contributed by atoms with Gasteiger partial charge >= 0.3 is 5.97 Å². The third-order valence-corrected chi connectivity index (χ3v) is 2.94. The van der Waals surface area contributed by atoms with Gasteiger partial charge in [-0.15, -0.1) is 11.3 Å². The second kappa shape index (κ2) is 12.4. The lowest BCUT2D eigenvalue weighted by atomic mass is 10.4. The topological polar surface area (TPSA) is 132 Å². The lowest BCUT2D eigenvalue weighted by molar-refractivity contribution is -0.0987. The van der Waals surface area contributed by atoms with Gasteiger partial charge in [0, 0.05) is 4.88 Å². The molecule has 0 saturated heterocycles. The molecule has 0 aliphatic rings. The van der Waals surface area contributed by atoms with Gasteiger partial charge in [-0.2, -0.15) is 0 Å². The molecule has 2 aromatic rings. The van der Waals surface area contributed by atoms with E-state index < -0.39 is 5.97 Å². The minimum atomic E-state index is -0.604. The minimum absolute atomic E-state index is 0.0406. The molecule has 22 heavy (non-hydrogen) atoms. The van der Waals surface area contributed by atoms with E-state index in [1.807, 2.05) is 20.5 Å². The van der Waals surface area contributed by atoms with E-state index in [0.29, 0.717) is 10.2 Å². The molecule has 0 unspecified atom stereocenters. The molecule has 8 nitrogen and oxygen atoms in total. The van der Waals surface area contributed by atoms with Crippen molar-refractivity contribution >= 4 is 41.1 Å². The second-order valence-corrected chi connectivity index (χ2v) is 4.45. The van der Waals surface area contributed by atoms with Crippen molar-refractivity contribution in [3.8, 4) is 0 Å². The first-order valence-corrected chi connectivity index (χ1v) is 6.76. The van der Waals surface area contributed by atoms with Crippen LogP contribution in [-0.2, 0) is 14.3 Å². The Kier molecular flexibility index (Phi) is 12.3. The Morgan fingerprint density at radius 3 is 2.41 bits per heavy atom. The number of H-pyrrole nitrogens is 1. The molecule has 0 radical (unpaired) electrons. The summed E-state index contributed by atoms with van der Waals surface area (Å²) in [6.45, 7) is 7.84. The van der Waals surface area contributed by atoms with Crippen molar-refractivity contribution < 1.29 is 19.1 Å². The van der Waals surface area contributed by atoms with Crippen molar-refractivity contribution in [2.75, 3.05) is 13.7 Å². The number of carbonyl (C=O) groups excluding carboxylic acids is 3. The third kappa shape index (κ3) is 5.94. The number of thiophene rings is 1. The van der Waals surface area contributed by atoms with Crippen LogP contribution < -0.4 is 11.3 Å². The Labute approximate surface area is 131 Å². The van der Waals surface area contributed by atoms with E-state index in [-0.39, 0.29) is 18.0 Å². The fraction of sp³-hybridized carbons (Fsp3) is 0.308. The van der Waals surface area contributed by atoms with Crippen LogP contribution in [0.2, 0.25) is 0 Å². The van der Waals surface area contributed by atoms with Gasteiger partial charge in [0.25, 0.3) is 5.56 Å². The van der Waals surface area contributed by atoms with Crippen LogP contribution in [0.1, 0.15) is 22.4 Å². The average Bonchev–Trinajstić information content (AvgIpc) is 2.94. The molecule has 0 amide bonds. The molecular formula is C13H19N3O5S. The highest BCUT2D eigenvalue weighted by molar-refractivity contribution is 7.18. The number of aromatic amines is 1. The van der Waals surface area contributed by atoms with E-state index in [2.05, 4.69) is 15.7 Å². The number of ether oxygens (including phenoxy) is 1. The van der Waals surface area contributed by atoms with Crippen LogP contribution in [-0.4, -0.2) is 43.2 Å². The predicted octanol–water partition coefficient (Wildman–Crippen LogP) is 0.675. The first kappa shape index (κ1) is 21.9. The van der Waals surface area contributed by atoms with Gasteiger partial charge in [0.1, 0.15) is 18.4 Å². The van der Waals surface area contributed by atoms with E-state index in [1.54, 1.807) is 13.0 Å². The summed E-state index contributed by atoms with van der Waals surface area (Å²) in [5.74, 6) is -0.645. The van der Waals surface area contributed by atoms with Crippen LogP contribution >= 0.6 is 11.3 Å². The van der Waals surface area contributed by atoms with Gasteiger partial charge in [-0.05, 0) is 27.0 Å². The van der Waals surface area contributed by atoms with E-state index in [9.17, 15) is 9.59 Å². The van der Waals surface area contributed by atoms with Crippen molar-refractivity contribution in [1.29, 1.82) is 0 Å². The van der Waals surface area contributed by atoms with E-state index in [4.69, 9.17) is 14.3 Å². The molecule has 0 spiro atoms. The first-order valence-electron chi connectivity index (χ1n) is 5.95. The van der Waals surface area contributed by atoms with Gasteiger partial charge in [0.2, 0.25) is 5.82 Å². The van der Waals surface area contributed by atoms with Gasteiger partial charge in [-0.3, -0.25) is 4.79 Å². The fourth-order valence-corrected chi connectivity index (χ4v) is 2.23. The lowest BCUT2D eigenvalue weighted by Gasteiger charge is -1.99. The summed E-state index contributed by atoms with van der Waals surface area (Å²) in [7, 11) is 1.50. The number of esters is 1. The van der Waals surface area contributed by atoms with Crippen LogP contribution in [0.4, 0.5) is 0 Å². The summed E-state index contributed by atoms with van der Waals surface area (Å²) < 4.78 is 4.77. The molecule has 0 aliphatic carbocycles. The van der Waals surface area contributed by atoms with Gasteiger partial charge < -0.3 is 25.0 Å². The highest BCUT2D eigenvalue weighted by Crippen LogP contribution is 2.19. The predicted molar refractivity (Wildman–Crippen MR) is 85.3 cm³/mol. The standard InChI is InChI=1S/C10H10N2O3S.CH5N.2CH2O/c1-3-15-10(14)7-11-8(13)6-4-5(2)16-9(6)12-7;3*1-2/h4H,3H2,1-2H3,(H,11,12,13);2H2,1H3;2*1H2. The number of hydrogen-bond donors (Lipinski definition) is 2. The third-order valence-electron chi connectivity index (χ3n) is 1.99. The number of nitrogens with zero attached hydrogens (tertiary/aromatic N) is 1. The molecule has 2 rings (SSSR count). The number of carbonyl (C=O) groups is 3. The second-order valence-electron chi connectivity index (χ2n) is 3.21. The normalized spacial score (nSPS) is 8.36.